The van der Waals surface area contributed by atoms with Crippen LogP contribution in [-0.4, -0.2) is 31.7 Å². The molecule has 1 aromatic heterocycles. The monoisotopic (exact) mass is 211 g/mol. The lowest BCUT2D eigenvalue weighted by atomic mass is 10.4. The van der Waals surface area contributed by atoms with Crippen LogP contribution in [0.4, 0.5) is 10.2 Å². The third-order valence-electron chi connectivity index (χ3n) is 2.15. The van der Waals surface area contributed by atoms with Gasteiger partial charge in [-0.25, -0.2) is 9.37 Å². The third kappa shape index (κ3) is 3.83. The van der Waals surface area contributed by atoms with Crippen molar-refractivity contribution >= 4 is 5.82 Å². The molecule has 0 atom stereocenters. The SMILES string of the molecule is CCCNCCN(C)c1ncccc1F. The maximum Gasteiger partial charge on any atom is 0.165 e. The van der Waals surface area contributed by atoms with Gasteiger partial charge in [-0.1, -0.05) is 6.92 Å². The molecule has 3 nitrogen and oxygen atoms in total. The van der Waals surface area contributed by atoms with Crippen LogP contribution in [0.2, 0.25) is 0 Å². The van der Waals surface area contributed by atoms with Crippen LogP contribution in [0.3, 0.4) is 0 Å². The molecule has 0 aliphatic rings. The molecule has 0 aromatic carbocycles. The maximum atomic E-state index is 13.3. The molecule has 15 heavy (non-hydrogen) atoms. The van der Waals surface area contributed by atoms with Crippen molar-refractivity contribution in [2.45, 2.75) is 13.3 Å². The van der Waals surface area contributed by atoms with E-state index in [0.717, 1.165) is 26.1 Å². The zero-order valence-electron chi connectivity index (χ0n) is 9.33. The van der Waals surface area contributed by atoms with Gasteiger partial charge < -0.3 is 10.2 Å². The average molecular weight is 211 g/mol. The van der Waals surface area contributed by atoms with Gasteiger partial charge in [-0.05, 0) is 25.1 Å². The highest BCUT2D eigenvalue weighted by molar-refractivity contribution is 5.38. The molecule has 1 heterocycles. The fourth-order valence-electron chi connectivity index (χ4n) is 1.31. The van der Waals surface area contributed by atoms with Gasteiger partial charge in [-0.2, -0.15) is 0 Å². The highest BCUT2D eigenvalue weighted by atomic mass is 19.1. The molecule has 0 saturated carbocycles. The number of likely N-dealkylation sites (N-methyl/N-ethyl adjacent to an activating group) is 1. The molecule has 0 aliphatic heterocycles. The second-order valence-corrected chi connectivity index (χ2v) is 3.48. The van der Waals surface area contributed by atoms with Gasteiger partial charge in [0, 0.05) is 26.3 Å². The third-order valence-corrected chi connectivity index (χ3v) is 2.15. The van der Waals surface area contributed by atoms with Crippen molar-refractivity contribution in [3.63, 3.8) is 0 Å². The molecule has 0 bridgehead atoms. The van der Waals surface area contributed by atoms with E-state index in [1.54, 1.807) is 12.3 Å². The summed E-state index contributed by atoms with van der Waals surface area (Å²) in [4.78, 5) is 5.82. The zero-order valence-corrected chi connectivity index (χ0v) is 9.33. The summed E-state index contributed by atoms with van der Waals surface area (Å²) in [6, 6.07) is 3.03. The van der Waals surface area contributed by atoms with Crippen LogP contribution in [0.15, 0.2) is 18.3 Å². The van der Waals surface area contributed by atoms with Crippen molar-refractivity contribution in [3.05, 3.63) is 24.1 Å². The fraction of sp³-hybridized carbons (Fsp3) is 0.545. The molecule has 1 aromatic rings. The molecule has 0 spiro atoms. The van der Waals surface area contributed by atoms with Crippen LogP contribution >= 0.6 is 0 Å². The van der Waals surface area contributed by atoms with E-state index in [2.05, 4.69) is 17.2 Å². The Morgan fingerprint density at radius 2 is 2.27 bits per heavy atom. The van der Waals surface area contributed by atoms with Crippen molar-refractivity contribution < 1.29 is 4.39 Å². The molecular formula is C11H18FN3. The molecule has 0 saturated heterocycles. The molecule has 1 N–H and O–H groups in total. The molecule has 0 fully saturated rings. The summed E-state index contributed by atoms with van der Waals surface area (Å²) in [5, 5.41) is 3.26. The summed E-state index contributed by atoms with van der Waals surface area (Å²) < 4.78 is 13.3. The number of halogens is 1. The lowest BCUT2D eigenvalue weighted by molar-refractivity contribution is 0.607. The first-order chi connectivity index (χ1) is 7.25. The Balaban J connectivity index is 2.40. The van der Waals surface area contributed by atoms with Gasteiger partial charge in [-0.15, -0.1) is 0 Å². The van der Waals surface area contributed by atoms with Crippen LogP contribution in [0, 0.1) is 5.82 Å². The topological polar surface area (TPSA) is 28.2 Å². The van der Waals surface area contributed by atoms with E-state index in [0.29, 0.717) is 5.82 Å². The number of aromatic nitrogens is 1. The van der Waals surface area contributed by atoms with Gasteiger partial charge in [0.25, 0.3) is 0 Å². The van der Waals surface area contributed by atoms with E-state index in [9.17, 15) is 4.39 Å². The van der Waals surface area contributed by atoms with Crippen molar-refractivity contribution in [3.8, 4) is 0 Å². The van der Waals surface area contributed by atoms with E-state index in [1.165, 1.54) is 6.07 Å². The van der Waals surface area contributed by atoms with Crippen LogP contribution in [-0.2, 0) is 0 Å². The Bertz CT molecular complexity index is 291. The largest absolute Gasteiger partial charge is 0.356 e. The smallest absolute Gasteiger partial charge is 0.165 e. The zero-order chi connectivity index (χ0) is 11.1. The number of rotatable bonds is 6. The Morgan fingerprint density at radius 1 is 1.47 bits per heavy atom. The first-order valence-electron chi connectivity index (χ1n) is 5.28. The van der Waals surface area contributed by atoms with Gasteiger partial charge in [-0.3, -0.25) is 0 Å². The van der Waals surface area contributed by atoms with E-state index in [4.69, 9.17) is 0 Å². The van der Waals surface area contributed by atoms with Crippen molar-refractivity contribution in [2.24, 2.45) is 0 Å². The van der Waals surface area contributed by atoms with Crippen LogP contribution in [0.5, 0.6) is 0 Å². The number of nitrogens with zero attached hydrogens (tertiary/aromatic N) is 2. The average Bonchev–Trinajstić information content (AvgIpc) is 2.25. The molecule has 1 rings (SSSR count). The lowest BCUT2D eigenvalue weighted by Gasteiger charge is -2.18. The maximum absolute atomic E-state index is 13.3. The second kappa shape index (κ2) is 6.35. The molecule has 4 heteroatoms. The molecule has 84 valence electrons. The fourth-order valence-corrected chi connectivity index (χ4v) is 1.31. The van der Waals surface area contributed by atoms with Gasteiger partial charge in [0.05, 0.1) is 0 Å². The first kappa shape index (κ1) is 11.9. The quantitative estimate of drug-likeness (QED) is 0.725. The van der Waals surface area contributed by atoms with Crippen LogP contribution in [0.1, 0.15) is 13.3 Å². The summed E-state index contributed by atoms with van der Waals surface area (Å²) in [5.41, 5.74) is 0. The normalized spacial score (nSPS) is 10.3. The highest BCUT2D eigenvalue weighted by Crippen LogP contribution is 2.12. The highest BCUT2D eigenvalue weighted by Gasteiger charge is 2.06. The minimum atomic E-state index is -0.268. The van der Waals surface area contributed by atoms with Gasteiger partial charge in [0.1, 0.15) is 0 Å². The Morgan fingerprint density at radius 3 is 2.93 bits per heavy atom. The molecular weight excluding hydrogens is 193 g/mol. The summed E-state index contributed by atoms with van der Waals surface area (Å²) in [6.07, 6.45) is 2.72. The number of hydrogen-bond donors (Lipinski definition) is 1. The van der Waals surface area contributed by atoms with Gasteiger partial charge in [0.15, 0.2) is 11.6 Å². The summed E-state index contributed by atoms with van der Waals surface area (Å²) in [6.45, 7) is 4.72. The second-order valence-electron chi connectivity index (χ2n) is 3.48. The summed E-state index contributed by atoms with van der Waals surface area (Å²) in [5.74, 6) is 0.145. The van der Waals surface area contributed by atoms with Gasteiger partial charge in [0.2, 0.25) is 0 Å². The van der Waals surface area contributed by atoms with Crippen LogP contribution < -0.4 is 10.2 Å². The van der Waals surface area contributed by atoms with Crippen LogP contribution in [0.25, 0.3) is 0 Å². The van der Waals surface area contributed by atoms with E-state index in [-0.39, 0.29) is 5.82 Å². The van der Waals surface area contributed by atoms with E-state index in [1.807, 2.05) is 11.9 Å². The predicted molar refractivity (Wildman–Crippen MR) is 60.6 cm³/mol. The number of hydrogen-bond acceptors (Lipinski definition) is 3. The van der Waals surface area contributed by atoms with Gasteiger partial charge >= 0.3 is 0 Å². The first-order valence-corrected chi connectivity index (χ1v) is 5.28. The predicted octanol–water partition coefficient (Wildman–Crippen LogP) is 1.66. The van der Waals surface area contributed by atoms with E-state index < -0.39 is 0 Å². The standard InChI is InChI=1S/C11H18FN3/c1-3-6-13-8-9-15(2)11-10(12)5-4-7-14-11/h4-5,7,13H,3,6,8-9H2,1-2H3. The van der Waals surface area contributed by atoms with Crippen molar-refractivity contribution in [2.75, 3.05) is 31.6 Å². The van der Waals surface area contributed by atoms with E-state index >= 15 is 0 Å². The Labute approximate surface area is 90.3 Å². The van der Waals surface area contributed by atoms with Crippen molar-refractivity contribution in [1.29, 1.82) is 0 Å². The molecule has 0 amide bonds. The summed E-state index contributed by atoms with van der Waals surface area (Å²) in [7, 11) is 1.85. The lowest BCUT2D eigenvalue weighted by Crippen LogP contribution is -2.30. The minimum absolute atomic E-state index is 0.268. The minimum Gasteiger partial charge on any atom is -0.356 e. The Kier molecular flexibility index (Phi) is 5.04. The number of pyridine rings is 1. The van der Waals surface area contributed by atoms with Crippen molar-refractivity contribution in [1.82, 2.24) is 10.3 Å². The number of anilines is 1. The number of nitrogens with one attached hydrogen (secondary N) is 1. The molecule has 0 aliphatic carbocycles. The Hall–Kier alpha value is -1.16. The molecule has 0 unspecified atom stereocenters. The molecule has 0 radical (unpaired) electrons. The summed E-state index contributed by atoms with van der Waals surface area (Å²) >= 11 is 0.